The molecule has 0 saturated heterocycles. The Morgan fingerprint density at radius 2 is 2.12 bits per heavy atom. The van der Waals surface area contributed by atoms with Crippen LogP contribution in [0.1, 0.15) is 25.5 Å². The minimum absolute atomic E-state index is 0.0323. The lowest BCUT2D eigenvalue weighted by Crippen LogP contribution is -2.33. The average molecular weight is 290 g/mol. The Morgan fingerprint density at radius 1 is 1.50 bits per heavy atom. The molecule has 0 aliphatic rings. The van der Waals surface area contributed by atoms with Gasteiger partial charge in [0.05, 0.1) is 4.47 Å². The molecule has 0 aliphatic carbocycles. The Morgan fingerprint density at radius 3 is 2.56 bits per heavy atom. The second kappa shape index (κ2) is 5.41. The van der Waals surface area contributed by atoms with E-state index in [1.165, 1.54) is 18.2 Å². The van der Waals surface area contributed by atoms with Gasteiger partial charge >= 0.3 is 5.97 Å². The summed E-state index contributed by atoms with van der Waals surface area (Å²) < 4.78 is 13.3. The molecule has 1 unspecified atom stereocenters. The zero-order chi connectivity index (χ0) is 12.3. The molecule has 0 heterocycles. The van der Waals surface area contributed by atoms with Gasteiger partial charge < -0.3 is 5.11 Å². The first kappa shape index (κ1) is 13.1. The summed E-state index contributed by atoms with van der Waals surface area (Å²) in [5.74, 6) is -1.38. The van der Waals surface area contributed by atoms with Crippen molar-refractivity contribution in [2.75, 3.05) is 0 Å². The maximum atomic E-state index is 13.0. The number of benzene rings is 1. The van der Waals surface area contributed by atoms with Crippen LogP contribution in [-0.2, 0) is 4.79 Å². The number of rotatable bonds is 4. The van der Waals surface area contributed by atoms with Crippen LogP contribution in [0.15, 0.2) is 22.7 Å². The van der Waals surface area contributed by atoms with Crippen molar-refractivity contribution < 1.29 is 14.3 Å². The van der Waals surface area contributed by atoms with E-state index < -0.39 is 17.8 Å². The summed E-state index contributed by atoms with van der Waals surface area (Å²) in [6, 6.07) is 3.40. The van der Waals surface area contributed by atoms with Crippen LogP contribution in [0.4, 0.5) is 4.39 Å². The number of carboxylic acids is 1. The fourth-order valence-corrected chi connectivity index (χ4v) is 1.73. The zero-order valence-electron chi connectivity index (χ0n) is 9.00. The average Bonchev–Trinajstić information content (AvgIpc) is 2.18. The van der Waals surface area contributed by atoms with Crippen molar-refractivity contribution in [2.45, 2.75) is 25.9 Å². The monoisotopic (exact) mass is 289 g/mol. The zero-order valence-corrected chi connectivity index (χ0v) is 10.6. The molecule has 16 heavy (non-hydrogen) atoms. The van der Waals surface area contributed by atoms with E-state index in [4.69, 9.17) is 5.11 Å². The molecular weight excluding hydrogens is 277 g/mol. The Bertz CT molecular complexity index is 396. The van der Waals surface area contributed by atoms with Gasteiger partial charge in [-0.2, -0.15) is 0 Å². The van der Waals surface area contributed by atoms with E-state index >= 15 is 0 Å². The fraction of sp³-hybridized carbons (Fsp3) is 0.364. The molecule has 1 aromatic rings. The fourth-order valence-electron chi connectivity index (χ4n) is 1.34. The van der Waals surface area contributed by atoms with Gasteiger partial charge in [0.2, 0.25) is 0 Å². The Hall–Kier alpha value is -0.940. The Balaban J connectivity index is 3.01. The van der Waals surface area contributed by atoms with Crippen molar-refractivity contribution in [3.05, 3.63) is 34.1 Å². The van der Waals surface area contributed by atoms with Gasteiger partial charge in [-0.05, 0) is 47.5 Å². The second-order valence-electron chi connectivity index (χ2n) is 3.77. The predicted octanol–water partition coefficient (Wildman–Crippen LogP) is 2.71. The minimum Gasteiger partial charge on any atom is -0.480 e. The lowest BCUT2D eigenvalue weighted by molar-refractivity contribution is -0.139. The summed E-state index contributed by atoms with van der Waals surface area (Å²) in [5, 5.41) is 12.0. The lowest BCUT2D eigenvalue weighted by atomic mass is 10.1. The first-order chi connectivity index (χ1) is 7.41. The highest BCUT2D eigenvalue weighted by molar-refractivity contribution is 9.10. The third kappa shape index (κ3) is 3.28. The largest absolute Gasteiger partial charge is 0.480 e. The molecular formula is C11H13BrFNO2. The molecule has 0 aromatic heterocycles. The van der Waals surface area contributed by atoms with E-state index in [0.29, 0.717) is 5.56 Å². The molecule has 1 rings (SSSR count). The molecule has 0 amide bonds. The molecule has 0 radical (unpaired) electrons. The number of hydrogen-bond acceptors (Lipinski definition) is 2. The highest BCUT2D eigenvalue weighted by Crippen LogP contribution is 2.22. The molecule has 88 valence electrons. The van der Waals surface area contributed by atoms with E-state index in [9.17, 15) is 9.18 Å². The highest BCUT2D eigenvalue weighted by atomic mass is 79.9. The number of nitrogens with one attached hydrogen (secondary N) is 1. The number of halogens is 2. The van der Waals surface area contributed by atoms with Crippen LogP contribution >= 0.6 is 15.9 Å². The number of carbonyl (C=O) groups is 1. The standard InChI is InChI=1S/C11H13BrFNO2/c1-6(2)14-10(11(15)16)7-3-4-9(13)8(12)5-7/h3-6,10,14H,1-2H3,(H,15,16). The summed E-state index contributed by atoms with van der Waals surface area (Å²) >= 11 is 3.03. The maximum Gasteiger partial charge on any atom is 0.325 e. The molecule has 0 aliphatic heterocycles. The third-order valence-electron chi connectivity index (χ3n) is 2.02. The summed E-state index contributed by atoms with van der Waals surface area (Å²) in [6.07, 6.45) is 0. The first-order valence-corrected chi connectivity index (χ1v) is 5.65. The topological polar surface area (TPSA) is 49.3 Å². The molecule has 0 bridgehead atoms. The maximum absolute atomic E-state index is 13.0. The normalized spacial score (nSPS) is 12.8. The van der Waals surface area contributed by atoms with Crippen LogP contribution in [0, 0.1) is 5.82 Å². The van der Waals surface area contributed by atoms with E-state index in [-0.39, 0.29) is 10.5 Å². The second-order valence-corrected chi connectivity index (χ2v) is 4.62. The van der Waals surface area contributed by atoms with Gasteiger partial charge in [0, 0.05) is 6.04 Å². The molecule has 0 fully saturated rings. The van der Waals surface area contributed by atoms with Gasteiger partial charge in [-0.3, -0.25) is 10.1 Å². The summed E-state index contributed by atoms with van der Waals surface area (Å²) in [5.41, 5.74) is 0.523. The van der Waals surface area contributed by atoms with Crippen LogP contribution in [0.3, 0.4) is 0 Å². The Labute approximate surface area is 102 Å². The third-order valence-corrected chi connectivity index (χ3v) is 2.63. The van der Waals surface area contributed by atoms with Gasteiger partial charge in [-0.25, -0.2) is 4.39 Å². The minimum atomic E-state index is -0.979. The van der Waals surface area contributed by atoms with Crippen molar-refractivity contribution in [3.8, 4) is 0 Å². The molecule has 5 heteroatoms. The SMILES string of the molecule is CC(C)NC(C(=O)O)c1ccc(F)c(Br)c1. The van der Waals surface area contributed by atoms with Gasteiger partial charge in [0.1, 0.15) is 11.9 Å². The van der Waals surface area contributed by atoms with E-state index in [0.717, 1.165) is 0 Å². The Kier molecular flexibility index (Phi) is 4.44. The van der Waals surface area contributed by atoms with E-state index in [1.54, 1.807) is 0 Å². The predicted molar refractivity (Wildman–Crippen MR) is 62.7 cm³/mol. The molecule has 2 N–H and O–H groups in total. The number of carboxylic acid groups (broad SMARTS) is 1. The molecule has 1 atom stereocenters. The highest BCUT2D eigenvalue weighted by Gasteiger charge is 2.20. The molecule has 1 aromatic carbocycles. The summed E-state index contributed by atoms with van der Waals surface area (Å²) in [6.45, 7) is 3.71. The smallest absolute Gasteiger partial charge is 0.325 e. The van der Waals surface area contributed by atoms with Crippen molar-refractivity contribution in [3.63, 3.8) is 0 Å². The lowest BCUT2D eigenvalue weighted by Gasteiger charge is -2.17. The van der Waals surface area contributed by atoms with Crippen LogP contribution in [-0.4, -0.2) is 17.1 Å². The number of aliphatic carboxylic acids is 1. The van der Waals surface area contributed by atoms with Gasteiger partial charge in [0.25, 0.3) is 0 Å². The van der Waals surface area contributed by atoms with Gasteiger partial charge in [-0.15, -0.1) is 0 Å². The van der Waals surface area contributed by atoms with Crippen molar-refractivity contribution in [2.24, 2.45) is 0 Å². The van der Waals surface area contributed by atoms with Crippen LogP contribution < -0.4 is 5.32 Å². The van der Waals surface area contributed by atoms with Crippen LogP contribution in [0.5, 0.6) is 0 Å². The van der Waals surface area contributed by atoms with Gasteiger partial charge in [0.15, 0.2) is 0 Å². The van der Waals surface area contributed by atoms with Gasteiger partial charge in [-0.1, -0.05) is 6.07 Å². The summed E-state index contributed by atoms with van der Waals surface area (Å²) in [4.78, 5) is 11.1. The first-order valence-electron chi connectivity index (χ1n) is 4.85. The van der Waals surface area contributed by atoms with Crippen molar-refractivity contribution in [1.29, 1.82) is 0 Å². The number of hydrogen-bond donors (Lipinski definition) is 2. The molecule has 0 spiro atoms. The van der Waals surface area contributed by atoms with E-state index in [1.807, 2.05) is 13.8 Å². The van der Waals surface area contributed by atoms with Crippen LogP contribution in [0.2, 0.25) is 0 Å². The quantitative estimate of drug-likeness (QED) is 0.896. The summed E-state index contributed by atoms with van der Waals surface area (Å²) in [7, 11) is 0. The van der Waals surface area contributed by atoms with E-state index in [2.05, 4.69) is 21.2 Å². The molecule has 0 saturated carbocycles. The van der Waals surface area contributed by atoms with Crippen molar-refractivity contribution >= 4 is 21.9 Å². The molecule has 3 nitrogen and oxygen atoms in total. The van der Waals surface area contributed by atoms with Crippen molar-refractivity contribution in [1.82, 2.24) is 5.32 Å². The van der Waals surface area contributed by atoms with Crippen LogP contribution in [0.25, 0.3) is 0 Å².